The summed E-state index contributed by atoms with van der Waals surface area (Å²) in [6.45, 7) is 7.91. The highest BCUT2D eigenvalue weighted by Gasteiger charge is 2.06. The van der Waals surface area contributed by atoms with Crippen LogP contribution in [0.5, 0.6) is 0 Å². The van der Waals surface area contributed by atoms with Gasteiger partial charge in [-0.05, 0) is 12.8 Å². The number of rotatable bonds is 6. The van der Waals surface area contributed by atoms with Gasteiger partial charge >= 0.3 is 0 Å². The maximum atomic E-state index is 11.0. The Morgan fingerprint density at radius 1 is 1.46 bits per heavy atom. The average molecular weight is 252 g/mol. The largest absolute Gasteiger partial charge is 0.379 e. The van der Waals surface area contributed by atoms with Crippen LogP contribution >= 0.6 is 15.9 Å². The van der Waals surface area contributed by atoms with Gasteiger partial charge in [-0.3, -0.25) is 4.79 Å². The van der Waals surface area contributed by atoms with Crippen molar-refractivity contribution < 1.29 is 9.53 Å². The molecule has 78 valence electrons. The van der Waals surface area contributed by atoms with Gasteiger partial charge in [0, 0.05) is 13.2 Å². The summed E-state index contributed by atoms with van der Waals surface area (Å²) in [6.07, 6.45) is 0. The molecule has 0 aromatic rings. The van der Waals surface area contributed by atoms with Gasteiger partial charge in [0.2, 0.25) is 5.91 Å². The molecule has 0 saturated carbocycles. The molecule has 0 fully saturated rings. The van der Waals surface area contributed by atoms with Crippen LogP contribution in [0.3, 0.4) is 0 Å². The zero-order valence-corrected chi connectivity index (χ0v) is 10.1. The van der Waals surface area contributed by atoms with Gasteiger partial charge in [-0.2, -0.15) is 0 Å². The van der Waals surface area contributed by atoms with E-state index in [1.165, 1.54) is 0 Å². The van der Waals surface area contributed by atoms with E-state index < -0.39 is 0 Å². The second-order valence-corrected chi connectivity index (χ2v) is 4.75. The highest BCUT2D eigenvalue weighted by atomic mass is 79.9. The van der Waals surface area contributed by atoms with Gasteiger partial charge in [-0.15, -0.1) is 0 Å². The van der Waals surface area contributed by atoms with E-state index in [-0.39, 0.29) is 10.7 Å². The van der Waals surface area contributed by atoms with Crippen molar-refractivity contribution in [3.8, 4) is 0 Å². The summed E-state index contributed by atoms with van der Waals surface area (Å²) < 4.78 is 5.30. The minimum atomic E-state index is -0.127. The third kappa shape index (κ3) is 8.25. The number of carbonyl (C=O) groups is 1. The lowest BCUT2D eigenvalue weighted by Crippen LogP contribution is -2.32. The van der Waals surface area contributed by atoms with Crippen LogP contribution < -0.4 is 5.32 Å². The quantitative estimate of drug-likeness (QED) is 0.575. The van der Waals surface area contributed by atoms with Crippen molar-refractivity contribution in [1.29, 1.82) is 0 Å². The highest BCUT2D eigenvalue weighted by Crippen LogP contribution is 1.95. The molecule has 0 saturated heterocycles. The predicted octanol–water partition coefficient (Wildman–Crippen LogP) is 1.56. The smallest absolute Gasteiger partial charge is 0.233 e. The maximum Gasteiger partial charge on any atom is 0.233 e. The van der Waals surface area contributed by atoms with Gasteiger partial charge in [-0.25, -0.2) is 0 Å². The summed E-state index contributed by atoms with van der Waals surface area (Å²) in [5.41, 5.74) is 0. The van der Waals surface area contributed by atoms with Gasteiger partial charge in [0.1, 0.15) is 0 Å². The van der Waals surface area contributed by atoms with E-state index in [0.717, 1.165) is 6.61 Å². The lowest BCUT2D eigenvalue weighted by Gasteiger charge is -2.08. The van der Waals surface area contributed by atoms with Crippen molar-refractivity contribution >= 4 is 21.8 Å². The van der Waals surface area contributed by atoms with Gasteiger partial charge in [0.05, 0.1) is 11.4 Å². The monoisotopic (exact) mass is 251 g/mol. The normalized spacial score (nSPS) is 13.0. The molecule has 0 aliphatic carbocycles. The van der Waals surface area contributed by atoms with E-state index in [1.54, 1.807) is 6.92 Å². The first-order valence-corrected chi connectivity index (χ1v) is 5.45. The Balaban J connectivity index is 3.21. The fraction of sp³-hybridized carbons (Fsp3) is 0.889. The van der Waals surface area contributed by atoms with E-state index in [9.17, 15) is 4.79 Å². The van der Waals surface area contributed by atoms with Crippen LogP contribution in [-0.2, 0) is 9.53 Å². The van der Waals surface area contributed by atoms with Crippen molar-refractivity contribution in [3.63, 3.8) is 0 Å². The number of hydrogen-bond donors (Lipinski definition) is 1. The van der Waals surface area contributed by atoms with Gasteiger partial charge < -0.3 is 10.1 Å². The molecule has 1 atom stereocenters. The molecule has 1 amide bonds. The van der Waals surface area contributed by atoms with E-state index in [1.807, 2.05) is 0 Å². The molecule has 0 bridgehead atoms. The molecule has 0 radical (unpaired) electrons. The second kappa shape index (κ2) is 7.33. The van der Waals surface area contributed by atoms with E-state index in [0.29, 0.717) is 19.1 Å². The first-order chi connectivity index (χ1) is 6.04. The van der Waals surface area contributed by atoms with Crippen LogP contribution in [0.15, 0.2) is 0 Å². The molecule has 1 N–H and O–H groups in total. The number of amides is 1. The summed E-state index contributed by atoms with van der Waals surface area (Å²) in [7, 11) is 0. The molecule has 0 aliphatic heterocycles. The molecule has 0 rings (SSSR count). The maximum absolute atomic E-state index is 11.0. The number of alkyl halides is 1. The van der Waals surface area contributed by atoms with Gasteiger partial charge in [-0.1, -0.05) is 29.8 Å². The fourth-order valence-corrected chi connectivity index (χ4v) is 0.868. The zero-order valence-electron chi connectivity index (χ0n) is 8.47. The van der Waals surface area contributed by atoms with Crippen LogP contribution in [-0.4, -0.2) is 30.5 Å². The van der Waals surface area contributed by atoms with Gasteiger partial charge in [0.25, 0.3) is 0 Å². The summed E-state index contributed by atoms with van der Waals surface area (Å²) in [6, 6.07) is 0. The molecular formula is C9H18BrNO2. The van der Waals surface area contributed by atoms with Crippen LogP contribution in [0.25, 0.3) is 0 Å². The third-order valence-corrected chi connectivity index (χ3v) is 1.77. The fourth-order valence-electron chi connectivity index (χ4n) is 0.706. The topological polar surface area (TPSA) is 38.3 Å². The summed E-state index contributed by atoms with van der Waals surface area (Å²) >= 11 is 3.18. The summed E-state index contributed by atoms with van der Waals surface area (Å²) in [5, 5.41) is 2.75. The Morgan fingerprint density at radius 2 is 2.08 bits per heavy atom. The van der Waals surface area contributed by atoms with Crippen LogP contribution in [0, 0.1) is 5.92 Å². The molecule has 0 heterocycles. The van der Waals surface area contributed by atoms with Crippen molar-refractivity contribution in [2.75, 3.05) is 19.8 Å². The number of nitrogens with one attached hydrogen (secondary N) is 1. The number of hydrogen-bond acceptors (Lipinski definition) is 2. The minimum Gasteiger partial charge on any atom is -0.379 e. The Kier molecular flexibility index (Phi) is 7.28. The van der Waals surface area contributed by atoms with E-state index in [4.69, 9.17) is 4.74 Å². The molecule has 0 aliphatic rings. The Bertz CT molecular complexity index is 149. The van der Waals surface area contributed by atoms with Crippen LogP contribution in [0.2, 0.25) is 0 Å². The average Bonchev–Trinajstić information content (AvgIpc) is 2.02. The van der Waals surface area contributed by atoms with Crippen molar-refractivity contribution in [2.24, 2.45) is 5.92 Å². The highest BCUT2D eigenvalue weighted by molar-refractivity contribution is 9.10. The minimum absolute atomic E-state index is 0.00754. The predicted molar refractivity (Wildman–Crippen MR) is 57.1 cm³/mol. The first-order valence-electron chi connectivity index (χ1n) is 4.53. The molecule has 0 aromatic carbocycles. The summed E-state index contributed by atoms with van der Waals surface area (Å²) in [5.74, 6) is 0.555. The van der Waals surface area contributed by atoms with E-state index in [2.05, 4.69) is 35.1 Å². The number of halogens is 1. The van der Waals surface area contributed by atoms with Crippen molar-refractivity contribution in [1.82, 2.24) is 5.32 Å². The molecule has 3 nitrogen and oxygen atoms in total. The summed E-state index contributed by atoms with van der Waals surface area (Å²) in [4.78, 5) is 10.9. The van der Waals surface area contributed by atoms with E-state index >= 15 is 0 Å². The lowest BCUT2D eigenvalue weighted by molar-refractivity contribution is -0.120. The third-order valence-electron chi connectivity index (χ3n) is 1.36. The number of carbonyl (C=O) groups excluding carboxylic acids is 1. The molecule has 4 heteroatoms. The Labute approximate surface area is 88.4 Å². The molecular weight excluding hydrogens is 234 g/mol. The van der Waals surface area contributed by atoms with Crippen LogP contribution in [0.4, 0.5) is 0 Å². The molecule has 13 heavy (non-hydrogen) atoms. The van der Waals surface area contributed by atoms with Crippen molar-refractivity contribution in [2.45, 2.75) is 25.6 Å². The number of ether oxygens (including phenoxy) is 1. The standard InChI is InChI=1S/C9H18BrNO2/c1-7(2)6-13-5-4-11-9(12)8(3)10/h7-8H,4-6H2,1-3H3,(H,11,12). The van der Waals surface area contributed by atoms with Gasteiger partial charge in [0.15, 0.2) is 0 Å². The second-order valence-electron chi connectivity index (χ2n) is 3.38. The molecule has 1 unspecified atom stereocenters. The first kappa shape index (κ1) is 12.9. The SMILES string of the molecule is CC(C)COCCNC(=O)C(C)Br. The molecule has 0 spiro atoms. The van der Waals surface area contributed by atoms with Crippen LogP contribution in [0.1, 0.15) is 20.8 Å². The lowest BCUT2D eigenvalue weighted by atomic mass is 10.2. The Morgan fingerprint density at radius 3 is 2.54 bits per heavy atom. The Hall–Kier alpha value is -0.0900. The van der Waals surface area contributed by atoms with Crippen molar-refractivity contribution in [3.05, 3.63) is 0 Å². The molecule has 0 aromatic heterocycles. The zero-order chi connectivity index (χ0) is 10.3.